The molecule has 0 unspecified atom stereocenters. The number of para-hydroxylation sites is 1. The number of hydrogen-bond acceptors (Lipinski definition) is 4. The molecule has 1 atom stereocenters. The fourth-order valence-corrected chi connectivity index (χ4v) is 5.73. The van der Waals surface area contributed by atoms with E-state index in [0.29, 0.717) is 14.9 Å². The van der Waals surface area contributed by atoms with Crippen LogP contribution in [-0.4, -0.2) is 61.7 Å². The van der Waals surface area contributed by atoms with Gasteiger partial charge in [0.05, 0.1) is 5.69 Å². The molecule has 0 saturated carbocycles. The van der Waals surface area contributed by atoms with E-state index in [-0.39, 0.29) is 23.7 Å². The number of halogens is 3. The molecule has 3 rings (SSSR count). The fraction of sp³-hybridized carbons (Fsp3) is 0.333. The minimum Gasteiger partial charge on any atom is -0.350 e. The molecule has 0 aliphatic carbocycles. The highest BCUT2D eigenvalue weighted by Crippen LogP contribution is 2.27. The molecule has 0 saturated heterocycles. The number of anilines is 1. The Hall–Kier alpha value is -3.18. The van der Waals surface area contributed by atoms with Gasteiger partial charge in [0.2, 0.25) is 11.8 Å². The Morgan fingerprint density at radius 3 is 2.14 bits per heavy atom. The van der Waals surface area contributed by atoms with Crippen LogP contribution in [0, 0.1) is 5.82 Å². The quantitative estimate of drug-likeness (QED) is 0.309. The Kier molecular flexibility index (Phi) is 11.0. The minimum absolute atomic E-state index is 0.125. The second-order valence-corrected chi connectivity index (χ2v) is 13.9. The van der Waals surface area contributed by atoms with Gasteiger partial charge < -0.3 is 10.2 Å². The van der Waals surface area contributed by atoms with Crippen LogP contribution in [-0.2, 0) is 32.8 Å². The lowest BCUT2D eigenvalue weighted by atomic mass is 10.0. The third-order valence-electron chi connectivity index (χ3n) is 6.27. The molecule has 0 fully saturated rings. The summed E-state index contributed by atoms with van der Waals surface area (Å²) in [7, 11) is -1.76. The number of amides is 2. The molecule has 3 aromatic rings. The molecular weight excluding hydrogens is 602 g/mol. The van der Waals surface area contributed by atoms with E-state index in [1.807, 2.05) is 51.1 Å². The van der Waals surface area contributed by atoms with Crippen LogP contribution in [0.25, 0.3) is 0 Å². The molecule has 0 radical (unpaired) electrons. The van der Waals surface area contributed by atoms with Gasteiger partial charge in [-0.05, 0) is 56.2 Å². The molecule has 0 aromatic heterocycles. The van der Waals surface area contributed by atoms with E-state index in [9.17, 15) is 22.4 Å². The number of nitrogens with one attached hydrogen (secondary N) is 1. The lowest BCUT2D eigenvalue weighted by Crippen LogP contribution is -2.56. The Labute approximate surface area is 257 Å². The van der Waals surface area contributed by atoms with Gasteiger partial charge in [-0.1, -0.05) is 71.7 Å². The van der Waals surface area contributed by atoms with E-state index in [1.54, 1.807) is 12.1 Å². The first kappa shape index (κ1) is 33.3. The van der Waals surface area contributed by atoms with E-state index < -0.39 is 46.0 Å². The van der Waals surface area contributed by atoms with Gasteiger partial charge in [-0.2, -0.15) is 12.7 Å². The van der Waals surface area contributed by atoms with Crippen LogP contribution in [0.2, 0.25) is 10.0 Å². The van der Waals surface area contributed by atoms with Crippen LogP contribution in [0.5, 0.6) is 0 Å². The zero-order chi connectivity index (χ0) is 31.2. The Balaban J connectivity index is 2.15. The third kappa shape index (κ3) is 8.67. The number of carbonyl (C=O) groups excluding carboxylic acids is 2. The molecule has 1 N–H and O–H groups in total. The lowest BCUT2D eigenvalue weighted by molar-refractivity contribution is -0.140. The molecular formula is C30H35Cl2FN4O4S. The van der Waals surface area contributed by atoms with Gasteiger partial charge in [-0.15, -0.1) is 0 Å². The zero-order valence-electron chi connectivity index (χ0n) is 24.1. The van der Waals surface area contributed by atoms with Gasteiger partial charge in [0.25, 0.3) is 0 Å². The highest BCUT2D eigenvalue weighted by molar-refractivity contribution is 7.90. The maximum atomic E-state index is 14.9. The molecule has 42 heavy (non-hydrogen) atoms. The number of nitrogens with zero attached hydrogens (tertiary/aromatic N) is 3. The smallest absolute Gasteiger partial charge is 0.304 e. The summed E-state index contributed by atoms with van der Waals surface area (Å²) in [6, 6.07) is 18.1. The predicted molar refractivity (Wildman–Crippen MR) is 165 cm³/mol. The summed E-state index contributed by atoms with van der Waals surface area (Å²) in [6.45, 7) is 4.53. The number of rotatable bonds is 11. The average Bonchev–Trinajstić information content (AvgIpc) is 2.90. The number of benzene rings is 3. The van der Waals surface area contributed by atoms with Crippen molar-refractivity contribution in [3.05, 3.63) is 99.8 Å². The van der Waals surface area contributed by atoms with Crippen molar-refractivity contribution >= 4 is 50.9 Å². The van der Waals surface area contributed by atoms with Crippen LogP contribution >= 0.6 is 23.2 Å². The topological polar surface area (TPSA) is 90.0 Å². The first-order valence-corrected chi connectivity index (χ1v) is 15.3. The van der Waals surface area contributed by atoms with Gasteiger partial charge in [0.1, 0.15) is 18.4 Å². The summed E-state index contributed by atoms with van der Waals surface area (Å²) in [6.07, 6.45) is 0.125. The maximum Gasteiger partial charge on any atom is 0.304 e. The van der Waals surface area contributed by atoms with Crippen LogP contribution in [0.15, 0.2) is 72.8 Å². The van der Waals surface area contributed by atoms with Crippen molar-refractivity contribution in [1.29, 1.82) is 0 Å². The molecule has 0 aliphatic heterocycles. The van der Waals surface area contributed by atoms with E-state index in [4.69, 9.17) is 23.2 Å². The van der Waals surface area contributed by atoms with Crippen molar-refractivity contribution in [2.24, 2.45) is 0 Å². The second-order valence-electron chi connectivity index (χ2n) is 11.0. The van der Waals surface area contributed by atoms with Crippen molar-refractivity contribution in [2.75, 3.05) is 24.9 Å². The summed E-state index contributed by atoms with van der Waals surface area (Å²) in [5.74, 6) is -2.01. The molecule has 0 aliphatic rings. The molecule has 8 nitrogen and oxygen atoms in total. The number of carbonyl (C=O) groups is 2. The summed E-state index contributed by atoms with van der Waals surface area (Å²) >= 11 is 12.6. The molecule has 226 valence electrons. The monoisotopic (exact) mass is 636 g/mol. The molecule has 3 aromatic carbocycles. The highest BCUT2D eigenvalue weighted by Gasteiger charge is 2.36. The van der Waals surface area contributed by atoms with Crippen LogP contribution < -0.4 is 9.62 Å². The molecule has 12 heteroatoms. The van der Waals surface area contributed by atoms with E-state index in [0.717, 1.165) is 15.9 Å². The lowest BCUT2D eigenvalue weighted by Gasteiger charge is -2.36. The Morgan fingerprint density at radius 2 is 1.57 bits per heavy atom. The summed E-state index contributed by atoms with van der Waals surface area (Å²) in [5, 5.41) is 3.59. The van der Waals surface area contributed by atoms with Gasteiger partial charge in [0, 0.05) is 42.6 Å². The molecule has 0 heterocycles. The van der Waals surface area contributed by atoms with Crippen molar-refractivity contribution < 1.29 is 22.4 Å². The van der Waals surface area contributed by atoms with Gasteiger partial charge in [-0.25, -0.2) is 8.70 Å². The van der Waals surface area contributed by atoms with Crippen LogP contribution in [0.3, 0.4) is 0 Å². The fourth-order valence-electron chi connectivity index (χ4n) is 4.20. The summed E-state index contributed by atoms with van der Waals surface area (Å²) in [5.41, 5.74) is 0.330. The van der Waals surface area contributed by atoms with E-state index in [2.05, 4.69) is 5.32 Å². The minimum atomic E-state index is -4.33. The van der Waals surface area contributed by atoms with Crippen molar-refractivity contribution in [3.8, 4) is 0 Å². The van der Waals surface area contributed by atoms with Crippen LogP contribution in [0.4, 0.5) is 10.1 Å². The van der Waals surface area contributed by atoms with Gasteiger partial charge in [0.15, 0.2) is 0 Å². The Bertz CT molecular complexity index is 1520. The van der Waals surface area contributed by atoms with Crippen LogP contribution in [0.1, 0.15) is 31.9 Å². The second kappa shape index (κ2) is 13.9. The SMILES string of the molecule is CN(C)S(=O)(=O)N(CC(=O)N(Cc1ccc(Cl)cc1Cl)[C@H](Cc1ccccc1)C(=O)NC(C)(C)C)c1ccccc1F. The molecule has 0 spiro atoms. The first-order valence-electron chi connectivity index (χ1n) is 13.1. The zero-order valence-corrected chi connectivity index (χ0v) is 26.5. The van der Waals surface area contributed by atoms with Gasteiger partial charge >= 0.3 is 10.2 Å². The highest BCUT2D eigenvalue weighted by atomic mass is 35.5. The maximum absolute atomic E-state index is 14.9. The Morgan fingerprint density at radius 1 is 0.952 bits per heavy atom. The third-order valence-corrected chi connectivity index (χ3v) is 8.66. The predicted octanol–water partition coefficient (Wildman–Crippen LogP) is 5.30. The molecule has 2 amide bonds. The van der Waals surface area contributed by atoms with Crippen molar-refractivity contribution in [3.63, 3.8) is 0 Å². The summed E-state index contributed by atoms with van der Waals surface area (Å²) < 4.78 is 43.3. The summed E-state index contributed by atoms with van der Waals surface area (Å²) in [4.78, 5) is 29.3. The van der Waals surface area contributed by atoms with Gasteiger partial charge in [-0.3, -0.25) is 9.59 Å². The van der Waals surface area contributed by atoms with Crippen molar-refractivity contribution in [1.82, 2.24) is 14.5 Å². The largest absolute Gasteiger partial charge is 0.350 e. The van der Waals surface area contributed by atoms with E-state index in [1.165, 1.54) is 43.3 Å². The standard InChI is InChI=1S/C30H35Cl2FN4O4S/c1-30(2,3)34-29(39)27(17-21-11-7-6-8-12-21)36(19-22-15-16-23(31)18-24(22)32)28(38)20-37(42(40,41)35(4)5)26-14-10-9-13-25(26)33/h6-16,18,27H,17,19-20H2,1-5H3,(H,34,39)/t27-/m1/s1. The average molecular weight is 638 g/mol. The van der Waals surface area contributed by atoms with Crippen molar-refractivity contribution in [2.45, 2.75) is 45.3 Å². The molecule has 0 bridgehead atoms. The first-order chi connectivity index (χ1) is 19.6. The van der Waals surface area contributed by atoms with E-state index >= 15 is 0 Å². The normalized spacial score (nSPS) is 12.6. The number of hydrogen-bond donors (Lipinski definition) is 1.